The van der Waals surface area contributed by atoms with Crippen LogP contribution in [0.15, 0.2) is 12.7 Å². The molecule has 1 aliphatic rings. The van der Waals surface area contributed by atoms with Gasteiger partial charge in [-0.3, -0.25) is 0 Å². The number of alkyl carbamates (subject to hydrolysis) is 1. The Morgan fingerprint density at radius 2 is 1.94 bits per heavy atom. The molecule has 0 radical (unpaired) electrons. The second kappa shape index (κ2) is 6.00. The largest absolute Gasteiger partial charge is 0.445 e. The summed E-state index contributed by atoms with van der Waals surface area (Å²) in [5.74, 6) is 0. The highest BCUT2D eigenvalue weighted by Crippen LogP contribution is 2.20. The number of carbonyl (C=O) groups excluding carboxylic acids is 1. The maximum absolute atomic E-state index is 11.3. The second-order valence-electron chi connectivity index (χ2n) is 4.08. The first kappa shape index (κ1) is 14.0. The molecule has 1 aliphatic heterocycles. The summed E-state index contributed by atoms with van der Waals surface area (Å²) in [7, 11) is 0. The molecular weight excluding hydrogens is 226 g/mol. The Morgan fingerprint density at radius 1 is 1.41 bits per heavy atom. The molecule has 3 N–H and O–H groups in total. The van der Waals surface area contributed by atoms with Crippen LogP contribution in [0.4, 0.5) is 4.79 Å². The van der Waals surface area contributed by atoms with Crippen molar-refractivity contribution in [2.45, 2.75) is 44.3 Å². The van der Waals surface area contributed by atoms with Gasteiger partial charge in [0.25, 0.3) is 0 Å². The minimum atomic E-state index is -0.975. The Morgan fingerprint density at radius 3 is 2.41 bits per heavy atom. The monoisotopic (exact) mass is 245 g/mol. The lowest BCUT2D eigenvalue weighted by Gasteiger charge is -2.40. The van der Waals surface area contributed by atoms with E-state index >= 15 is 0 Å². The molecule has 1 saturated heterocycles. The zero-order valence-corrected chi connectivity index (χ0v) is 10.00. The molecule has 0 aromatic carbocycles. The van der Waals surface area contributed by atoms with Gasteiger partial charge in [0, 0.05) is 0 Å². The Balaban J connectivity index is 2.59. The first-order chi connectivity index (χ1) is 7.97. The molecule has 1 fully saturated rings. The lowest BCUT2D eigenvalue weighted by molar-refractivity contribution is -0.170. The fourth-order valence-electron chi connectivity index (χ4n) is 1.77. The van der Waals surface area contributed by atoms with Crippen LogP contribution >= 0.6 is 0 Å². The molecular formula is C11H19NO5. The molecule has 6 heteroatoms. The maximum Gasteiger partial charge on any atom is 0.407 e. The van der Waals surface area contributed by atoms with Crippen LogP contribution in [0.5, 0.6) is 0 Å². The number of carbonyl (C=O) groups is 1. The van der Waals surface area contributed by atoms with Gasteiger partial charge in [0.2, 0.25) is 0 Å². The highest BCUT2D eigenvalue weighted by atomic mass is 16.6. The summed E-state index contributed by atoms with van der Waals surface area (Å²) in [4.78, 5) is 11.3. The third-order valence-electron chi connectivity index (χ3n) is 2.74. The minimum absolute atomic E-state index is 0.0757. The van der Waals surface area contributed by atoms with Crippen LogP contribution in [-0.2, 0) is 9.47 Å². The molecule has 98 valence electrons. The molecule has 5 atom stereocenters. The highest BCUT2D eigenvalue weighted by molar-refractivity contribution is 5.67. The Labute approximate surface area is 100 Å². The van der Waals surface area contributed by atoms with E-state index in [0.717, 1.165) is 0 Å². The average Bonchev–Trinajstić information content (AvgIpc) is 2.29. The highest BCUT2D eigenvalue weighted by Gasteiger charge is 2.41. The molecule has 17 heavy (non-hydrogen) atoms. The fourth-order valence-corrected chi connectivity index (χ4v) is 1.77. The summed E-state index contributed by atoms with van der Waals surface area (Å²) >= 11 is 0. The lowest BCUT2D eigenvalue weighted by atomic mass is 9.94. The molecule has 0 aliphatic carbocycles. The number of ether oxygens (including phenoxy) is 2. The van der Waals surface area contributed by atoms with E-state index in [1.165, 1.54) is 6.08 Å². The van der Waals surface area contributed by atoms with E-state index in [1.807, 2.05) is 0 Å². The molecule has 1 amide bonds. The maximum atomic E-state index is 11.3. The SMILES string of the molecule is C=CCOC(=O)N[C@H]1C(O)[C@@H](C)OC(C)[C@H]1O. The third-order valence-corrected chi connectivity index (χ3v) is 2.74. The zero-order chi connectivity index (χ0) is 13.0. The van der Waals surface area contributed by atoms with Crippen molar-refractivity contribution in [3.05, 3.63) is 12.7 Å². The molecule has 0 spiro atoms. The summed E-state index contributed by atoms with van der Waals surface area (Å²) in [6, 6.07) is -0.800. The van der Waals surface area contributed by atoms with E-state index in [2.05, 4.69) is 11.9 Å². The van der Waals surface area contributed by atoms with E-state index in [0.29, 0.717) is 0 Å². The third kappa shape index (κ3) is 3.42. The lowest BCUT2D eigenvalue weighted by Crippen LogP contribution is -2.62. The van der Waals surface area contributed by atoms with Crippen LogP contribution in [0.25, 0.3) is 0 Å². The smallest absolute Gasteiger partial charge is 0.407 e. The minimum Gasteiger partial charge on any atom is -0.445 e. The summed E-state index contributed by atoms with van der Waals surface area (Å²) in [5, 5.41) is 22.1. The molecule has 0 aromatic heterocycles. The predicted octanol–water partition coefficient (Wildman–Crippen LogP) is -0.204. The van der Waals surface area contributed by atoms with Crippen LogP contribution < -0.4 is 5.32 Å². The standard InChI is InChI=1S/C11H19NO5/c1-4-5-16-11(15)12-8-9(13)6(2)17-7(3)10(8)14/h4,6-10,13-14H,1,5H2,2-3H3,(H,12,15)/t6-,7?,8+,9?,10-/m1/s1. The van der Waals surface area contributed by atoms with Gasteiger partial charge >= 0.3 is 6.09 Å². The number of hydrogen-bond donors (Lipinski definition) is 3. The first-order valence-electron chi connectivity index (χ1n) is 5.53. The fraction of sp³-hybridized carbons (Fsp3) is 0.727. The van der Waals surface area contributed by atoms with E-state index < -0.39 is 36.6 Å². The van der Waals surface area contributed by atoms with E-state index in [-0.39, 0.29) is 6.61 Å². The van der Waals surface area contributed by atoms with Crippen molar-refractivity contribution in [1.29, 1.82) is 0 Å². The van der Waals surface area contributed by atoms with Crippen LogP contribution in [0, 0.1) is 0 Å². The molecule has 6 nitrogen and oxygen atoms in total. The van der Waals surface area contributed by atoms with Gasteiger partial charge in [0.05, 0.1) is 18.2 Å². The van der Waals surface area contributed by atoms with E-state index in [1.54, 1.807) is 13.8 Å². The topological polar surface area (TPSA) is 88.0 Å². The first-order valence-corrected chi connectivity index (χ1v) is 5.53. The van der Waals surface area contributed by atoms with Crippen molar-refractivity contribution in [3.63, 3.8) is 0 Å². The van der Waals surface area contributed by atoms with Gasteiger partial charge in [-0.25, -0.2) is 4.79 Å². The summed E-state index contributed by atoms with van der Waals surface area (Å²) in [6.07, 6.45) is -2.14. The van der Waals surface area contributed by atoms with Crippen LogP contribution in [0.1, 0.15) is 13.8 Å². The molecule has 1 rings (SSSR count). The van der Waals surface area contributed by atoms with Crippen LogP contribution in [0.3, 0.4) is 0 Å². The number of aliphatic hydroxyl groups excluding tert-OH is 2. The number of rotatable bonds is 3. The van der Waals surface area contributed by atoms with Gasteiger partial charge in [-0.1, -0.05) is 12.7 Å². The summed E-state index contributed by atoms with van der Waals surface area (Å²) in [5.41, 5.74) is 0. The summed E-state index contributed by atoms with van der Waals surface area (Å²) in [6.45, 7) is 6.84. The Bertz CT molecular complexity index is 269. The summed E-state index contributed by atoms with van der Waals surface area (Å²) < 4.78 is 10.0. The van der Waals surface area contributed by atoms with Crippen molar-refractivity contribution in [2.24, 2.45) is 0 Å². The molecule has 0 bridgehead atoms. The van der Waals surface area contributed by atoms with E-state index in [4.69, 9.17) is 9.47 Å². The van der Waals surface area contributed by atoms with Gasteiger partial charge in [0.1, 0.15) is 18.8 Å². The quantitative estimate of drug-likeness (QED) is 0.599. The van der Waals surface area contributed by atoms with Gasteiger partial charge in [0.15, 0.2) is 0 Å². The Kier molecular flexibility index (Phi) is 4.92. The van der Waals surface area contributed by atoms with Crippen LogP contribution in [-0.4, -0.2) is 53.4 Å². The molecule has 2 unspecified atom stereocenters. The average molecular weight is 245 g/mol. The normalized spacial score (nSPS) is 37.3. The Hall–Kier alpha value is -1.11. The number of hydrogen-bond acceptors (Lipinski definition) is 5. The van der Waals surface area contributed by atoms with Crippen molar-refractivity contribution >= 4 is 6.09 Å². The van der Waals surface area contributed by atoms with Gasteiger partial charge in [-0.15, -0.1) is 0 Å². The van der Waals surface area contributed by atoms with E-state index in [9.17, 15) is 15.0 Å². The number of nitrogens with one attached hydrogen (secondary N) is 1. The number of aliphatic hydroxyl groups is 2. The number of amides is 1. The van der Waals surface area contributed by atoms with Crippen molar-refractivity contribution in [2.75, 3.05) is 6.61 Å². The second-order valence-corrected chi connectivity index (χ2v) is 4.08. The molecule has 0 aromatic rings. The zero-order valence-electron chi connectivity index (χ0n) is 10.00. The predicted molar refractivity (Wildman–Crippen MR) is 60.5 cm³/mol. The molecule has 0 saturated carbocycles. The van der Waals surface area contributed by atoms with Crippen LogP contribution in [0.2, 0.25) is 0 Å². The van der Waals surface area contributed by atoms with Crippen molar-refractivity contribution in [1.82, 2.24) is 5.32 Å². The van der Waals surface area contributed by atoms with Crippen molar-refractivity contribution in [3.8, 4) is 0 Å². The van der Waals surface area contributed by atoms with Gasteiger partial charge in [-0.05, 0) is 13.8 Å². The van der Waals surface area contributed by atoms with Gasteiger partial charge in [-0.2, -0.15) is 0 Å². The molecule has 1 heterocycles. The van der Waals surface area contributed by atoms with Gasteiger partial charge < -0.3 is 25.0 Å². The van der Waals surface area contributed by atoms with Crippen molar-refractivity contribution < 1.29 is 24.5 Å².